The average molecular weight is 360 g/mol. The first-order valence-electron chi connectivity index (χ1n) is 8.88. The van der Waals surface area contributed by atoms with Gasteiger partial charge < -0.3 is 14.4 Å². The quantitative estimate of drug-likeness (QED) is 0.711. The second-order valence-corrected chi connectivity index (χ2v) is 6.40. The van der Waals surface area contributed by atoms with Crippen molar-refractivity contribution in [3.05, 3.63) is 84.2 Å². The number of pyridine rings is 1. The van der Waals surface area contributed by atoms with E-state index in [1.165, 1.54) is 0 Å². The number of amides is 1. The lowest BCUT2D eigenvalue weighted by Gasteiger charge is -2.31. The van der Waals surface area contributed by atoms with Gasteiger partial charge in [0, 0.05) is 11.9 Å². The summed E-state index contributed by atoms with van der Waals surface area (Å²) in [6, 6.07) is 20.9. The van der Waals surface area contributed by atoms with Crippen molar-refractivity contribution in [1.82, 2.24) is 4.98 Å². The summed E-state index contributed by atoms with van der Waals surface area (Å²) in [6.45, 7) is 2.54. The Kier molecular flexibility index (Phi) is 4.75. The summed E-state index contributed by atoms with van der Waals surface area (Å²) < 4.78 is 11.7. The summed E-state index contributed by atoms with van der Waals surface area (Å²) in [7, 11) is 0. The molecule has 5 heteroatoms. The Labute approximate surface area is 158 Å². The van der Waals surface area contributed by atoms with Gasteiger partial charge in [-0.05, 0) is 42.8 Å². The zero-order valence-electron chi connectivity index (χ0n) is 15.0. The fraction of sp³-hybridized carbons (Fsp3) is 0.182. The van der Waals surface area contributed by atoms with E-state index in [0.717, 1.165) is 16.9 Å². The maximum atomic E-state index is 13.4. The molecule has 136 valence electrons. The Morgan fingerprint density at radius 2 is 1.78 bits per heavy atom. The van der Waals surface area contributed by atoms with E-state index in [1.54, 1.807) is 11.1 Å². The topological polar surface area (TPSA) is 51.7 Å². The standard InChI is InChI=1S/C22H20N2O3/c1-16-8-2-3-10-18(16)24(14-17-9-6-7-13-23-17)22(25)21-15-26-19-11-4-5-12-20(19)27-21/h2-13,21H,14-15H2,1H3/t21-/m1/s1. The van der Waals surface area contributed by atoms with Crippen LogP contribution in [-0.4, -0.2) is 23.6 Å². The molecule has 1 amide bonds. The van der Waals surface area contributed by atoms with Crippen molar-refractivity contribution >= 4 is 11.6 Å². The SMILES string of the molecule is Cc1ccccc1N(Cc1ccccn1)C(=O)[C@H]1COc2ccccc2O1. The Bertz CT molecular complexity index is 943. The molecular weight excluding hydrogens is 340 g/mol. The van der Waals surface area contributed by atoms with Crippen LogP contribution in [0.2, 0.25) is 0 Å². The number of ether oxygens (including phenoxy) is 2. The van der Waals surface area contributed by atoms with Crippen LogP contribution in [0.3, 0.4) is 0 Å². The van der Waals surface area contributed by atoms with Gasteiger partial charge >= 0.3 is 0 Å². The van der Waals surface area contributed by atoms with E-state index in [0.29, 0.717) is 18.0 Å². The highest BCUT2D eigenvalue weighted by molar-refractivity contribution is 5.97. The number of aryl methyl sites for hydroxylation is 1. The van der Waals surface area contributed by atoms with E-state index in [4.69, 9.17) is 9.47 Å². The van der Waals surface area contributed by atoms with Crippen molar-refractivity contribution < 1.29 is 14.3 Å². The molecule has 0 fully saturated rings. The van der Waals surface area contributed by atoms with Crippen molar-refractivity contribution in [2.24, 2.45) is 0 Å². The number of benzene rings is 2. The molecule has 0 saturated heterocycles. The fourth-order valence-corrected chi connectivity index (χ4v) is 3.12. The van der Waals surface area contributed by atoms with Crippen LogP contribution in [0.4, 0.5) is 5.69 Å². The van der Waals surface area contributed by atoms with E-state index in [2.05, 4.69) is 4.98 Å². The molecule has 0 bridgehead atoms. The molecule has 5 nitrogen and oxygen atoms in total. The molecule has 1 aromatic heterocycles. The highest BCUT2D eigenvalue weighted by atomic mass is 16.6. The van der Waals surface area contributed by atoms with Crippen LogP contribution < -0.4 is 14.4 Å². The second kappa shape index (κ2) is 7.50. The van der Waals surface area contributed by atoms with Gasteiger partial charge in [0.15, 0.2) is 11.5 Å². The van der Waals surface area contributed by atoms with E-state index in [-0.39, 0.29) is 12.5 Å². The maximum absolute atomic E-state index is 13.4. The lowest BCUT2D eigenvalue weighted by Crippen LogP contribution is -2.46. The van der Waals surface area contributed by atoms with Crippen LogP contribution in [-0.2, 0) is 11.3 Å². The summed E-state index contributed by atoms with van der Waals surface area (Å²) >= 11 is 0. The molecule has 27 heavy (non-hydrogen) atoms. The molecule has 0 N–H and O–H groups in total. The van der Waals surface area contributed by atoms with Gasteiger partial charge in [0.25, 0.3) is 5.91 Å². The summed E-state index contributed by atoms with van der Waals surface area (Å²) in [4.78, 5) is 19.5. The van der Waals surface area contributed by atoms with Gasteiger partial charge in [0.2, 0.25) is 6.10 Å². The predicted molar refractivity (Wildman–Crippen MR) is 103 cm³/mol. The number of aromatic nitrogens is 1. The molecule has 0 spiro atoms. The van der Waals surface area contributed by atoms with Gasteiger partial charge in [-0.1, -0.05) is 36.4 Å². The molecule has 0 saturated carbocycles. The van der Waals surface area contributed by atoms with Crippen LogP contribution in [0.15, 0.2) is 72.9 Å². The molecule has 1 aliphatic rings. The Balaban J connectivity index is 1.64. The minimum Gasteiger partial charge on any atom is -0.485 e. The zero-order valence-corrected chi connectivity index (χ0v) is 15.0. The number of rotatable bonds is 4. The summed E-state index contributed by atoms with van der Waals surface area (Å²) in [5.74, 6) is 1.10. The van der Waals surface area contributed by atoms with E-state index < -0.39 is 6.10 Å². The van der Waals surface area contributed by atoms with Gasteiger partial charge in [-0.2, -0.15) is 0 Å². The maximum Gasteiger partial charge on any atom is 0.272 e. The van der Waals surface area contributed by atoms with Crippen molar-refractivity contribution in [2.75, 3.05) is 11.5 Å². The smallest absolute Gasteiger partial charge is 0.272 e. The molecule has 4 rings (SSSR count). The predicted octanol–water partition coefficient (Wildman–Crippen LogP) is 3.76. The van der Waals surface area contributed by atoms with Crippen molar-refractivity contribution in [1.29, 1.82) is 0 Å². The van der Waals surface area contributed by atoms with Crippen LogP contribution in [0.5, 0.6) is 11.5 Å². The zero-order chi connectivity index (χ0) is 18.6. The highest BCUT2D eigenvalue weighted by Crippen LogP contribution is 2.32. The first kappa shape index (κ1) is 17.1. The van der Waals surface area contributed by atoms with Gasteiger partial charge in [0.1, 0.15) is 6.61 Å². The summed E-state index contributed by atoms with van der Waals surface area (Å²) in [5, 5.41) is 0. The first-order valence-corrected chi connectivity index (χ1v) is 8.88. The molecule has 0 radical (unpaired) electrons. The highest BCUT2D eigenvalue weighted by Gasteiger charge is 2.32. The number of fused-ring (bicyclic) bond motifs is 1. The minimum atomic E-state index is -0.705. The number of carbonyl (C=O) groups is 1. The molecule has 3 aromatic rings. The third-order valence-corrected chi connectivity index (χ3v) is 4.50. The average Bonchev–Trinajstić information content (AvgIpc) is 2.72. The second-order valence-electron chi connectivity index (χ2n) is 6.40. The van der Waals surface area contributed by atoms with Gasteiger partial charge in [-0.3, -0.25) is 9.78 Å². The Morgan fingerprint density at radius 1 is 1.04 bits per heavy atom. The summed E-state index contributed by atoms with van der Waals surface area (Å²) in [6.07, 6.45) is 1.02. The monoisotopic (exact) mass is 360 g/mol. The molecule has 2 aromatic carbocycles. The third kappa shape index (κ3) is 3.62. The number of hydrogen-bond acceptors (Lipinski definition) is 4. The molecule has 2 heterocycles. The lowest BCUT2D eigenvalue weighted by atomic mass is 10.1. The van der Waals surface area contributed by atoms with Gasteiger partial charge in [-0.15, -0.1) is 0 Å². The normalized spacial score (nSPS) is 15.2. The fourth-order valence-electron chi connectivity index (χ4n) is 3.12. The van der Waals surface area contributed by atoms with Crippen LogP contribution in [0.1, 0.15) is 11.3 Å². The van der Waals surface area contributed by atoms with Crippen LogP contribution >= 0.6 is 0 Å². The number of carbonyl (C=O) groups excluding carboxylic acids is 1. The van der Waals surface area contributed by atoms with Crippen molar-refractivity contribution in [3.63, 3.8) is 0 Å². The largest absolute Gasteiger partial charge is 0.485 e. The molecule has 1 atom stereocenters. The molecule has 1 aliphatic heterocycles. The number of hydrogen-bond donors (Lipinski definition) is 0. The number of nitrogens with zero attached hydrogens (tertiary/aromatic N) is 2. The summed E-state index contributed by atoms with van der Waals surface area (Å²) in [5.41, 5.74) is 2.67. The number of para-hydroxylation sites is 3. The van der Waals surface area contributed by atoms with Gasteiger partial charge in [-0.25, -0.2) is 0 Å². The van der Waals surface area contributed by atoms with Crippen LogP contribution in [0.25, 0.3) is 0 Å². The van der Waals surface area contributed by atoms with Gasteiger partial charge in [0.05, 0.1) is 12.2 Å². The molecule has 0 aliphatic carbocycles. The minimum absolute atomic E-state index is 0.149. The molecular formula is C22H20N2O3. The van der Waals surface area contributed by atoms with Crippen molar-refractivity contribution in [3.8, 4) is 11.5 Å². The van der Waals surface area contributed by atoms with E-state index in [1.807, 2.05) is 73.7 Å². The first-order chi connectivity index (χ1) is 13.2. The third-order valence-electron chi connectivity index (χ3n) is 4.50. The van der Waals surface area contributed by atoms with E-state index in [9.17, 15) is 4.79 Å². The lowest BCUT2D eigenvalue weighted by molar-refractivity contribution is -0.127. The number of anilines is 1. The van der Waals surface area contributed by atoms with Crippen LogP contribution in [0, 0.1) is 6.92 Å². The Morgan fingerprint density at radius 3 is 2.56 bits per heavy atom. The molecule has 0 unspecified atom stereocenters. The van der Waals surface area contributed by atoms with E-state index >= 15 is 0 Å². The Hall–Kier alpha value is -3.34. The van der Waals surface area contributed by atoms with Crippen molar-refractivity contribution in [2.45, 2.75) is 19.6 Å².